The molecule has 0 amide bonds. The van der Waals surface area contributed by atoms with Crippen LogP contribution in [-0.4, -0.2) is 22.2 Å². The van der Waals surface area contributed by atoms with Gasteiger partial charge in [-0.3, -0.25) is 4.98 Å². The molecular formula is C10H10ClN3O2. The first-order chi connectivity index (χ1) is 7.72. The summed E-state index contributed by atoms with van der Waals surface area (Å²) >= 11 is 5.96. The molecule has 0 aliphatic rings. The van der Waals surface area contributed by atoms with Crippen molar-refractivity contribution in [3.05, 3.63) is 29.3 Å². The van der Waals surface area contributed by atoms with E-state index in [-0.39, 0.29) is 6.10 Å². The molecule has 2 aromatic rings. The van der Waals surface area contributed by atoms with E-state index in [2.05, 4.69) is 15.1 Å². The van der Waals surface area contributed by atoms with Crippen LogP contribution >= 0.6 is 11.6 Å². The molecular weight excluding hydrogens is 230 g/mol. The molecule has 6 heteroatoms. The molecule has 0 spiro atoms. The van der Waals surface area contributed by atoms with Crippen molar-refractivity contribution in [2.75, 3.05) is 7.11 Å². The lowest BCUT2D eigenvalue weighted by molar-refractivity contribution is 0.109. The van der Waals surface area contributed by atoms with Gasteiger partial charge in [-0.15, -0.1) is 0 Å². The second-order valence-corrected chi connectivity index (χ2v) is 3.60. The lowest BCUT2D eigenvalue weighted by Crippen LogP contribution is -1.97. The maximum atomic E-state index is 5.96. The standard InChI is InChI=1S/C10H10ClN3O2/c1-6(15-2)9-13-10(16-14-9)7-3-4-12-5-8(7)11/h3-6H,1-2H3. The third-order valence-corrected chi connectivity index (χ3v) is 2.46. The molecule has 0 N–H and O–H groups in total. The van der Waals surface area contributed by atoms with Gasteiger partial charge in [0, 0.05) is 19.5 Å². The van der Waals surface area contributed by atoms with Gasteiger partial charge in [0.05, 0.1) is 10.6 Å². The highest BCUT2D eigenvalue weighted by Crippen LogP contribution is 2.26. The Morgan fingerprint density at radius 2 is 2.31 bits per heavy atom. The molecule has 0 aliphatic heterocycles. The molecule has 0 bridgehead atoms. The van der Waals surface area contributed by atoms with Crippen molar-refractivity contribution < 1.29 is 9.26 Å². The summed E-state index contributed by atoms with van der Waals surface area (Å²) in [5.41, 5.74) is 0.665. The van der Waals surface area contributed by atoms with Gasteiger partial charge in [-0.05, 0) is 13.0 Å². The summed E-state index contributed by atoms with van der Waals surface area (Å²) in [6, 6.07) is 1.72. The van der Waals surface area contributed by atoms with Crippen molar-refractivity contribution in [3.8, 4) is 11.5 Å². The minimum atomic E-state index is -0.210. The Kier molecular flexibility index (Phi) is 3.17. The number of ether oxygens (including phenoxy) is 1. The molecule has 0 radical (unpaired) electrons. The molecule has 0 saturated carbocycles. The first-order valence-corrected chi connectivity index (χ1v) is 5.06. The van der Waals surface area contributed by atoms with Gasteiger partial charge < -0.3 is 9.26 Å². The maximum Gasteiger partial charge on any atom is 0.259 e. The van der Waals surface area contributed by atoms with Crippen LogP contribution in [0.1, 0.15) is 18.9 Å². The van der Waals surface area contributed by atoms with E-state index in [0.29, 0.717) is 22.3 Å². The van der Waals surface area contributed by atoms with Crippen LogP contribution in [0.3, 0.4) is 0 Å². The van der Waals surface area contributed by atoms with Crippen LogP contribution in [0.2, 0.25) is 5.02 Å². The molecule has 2 aromatic heterocycles. The van der Waals surface area contributed by atoms with Crippen LogP contribution in [0.15, 0.2) is 23.0 Å². The van der Waals surface area contributed by atoms with Crippen molar-refractivity contribution in [1.82, 2.24) is 15.1 Å². The number of rotatable bonds is 3. The highest BCUT2D eigenvalue weighted by molar-refractivity contribution is 6.32. The second-order valence-electron chi connectivity index (χ2n) is 3.19. The van der Waals surface area contributed by atoms with E-state index in [1.165, 1.54) is 6.20 Å². The van der Waals surface area contributed by atoms with E-state index in [1.807, 2.05) is 6.92 Å². The second kappa shape index (κ2) is 4.59. The van der Waals surface area contributed by atoms with Crippen LogP contribution in [0.4, 0.5) is 0 Å². The average Bonchev–Trinajstić information content (AvgIpc) is 2.78. The summed E-state index contributed by atoms with van der Waals surface area (Å²) in [7, 11) is 1.58. The Morgan fingerprint density at radius 3 is 3.00 bits per heavy atom. The Morgan fingerprint density at radius 1 is 1.50 bits per heavy atom. The zero-order valence-corrected chi connectivity index (χ0v) is 9.60. The number of nitrogens with zero attached hydrogens (tertiary/aromatic N) is 3. The van der Waals surface area contributed by atoms with Gasteiger partial charge in [0.15, 0.2) is 0 Å². The number of hydrogen-bond acceptors (Lipinski definition) is 5. The van der Waals surface area contributed by atoms with E-state index in [1.54, 1.807) is 19.4 Å². The van der Waals surface area contributed by atoms with Crippen LogP contribution in [0, 0.1) is 0 Å². The summed E-state index contributed by atoms with van der Waals surface area (Å²) in [4.78, 5) is 8.08. The van der Waals surface area contributed by atoms with E-state index >= 15 is 0 Å². The summed E-state index contributed by atoms with van der Waals surface area (Å²) in [5.74, 6) is 0.858. The predicted octanol–water partition coefficient (Wildman–Crippen LogP) is 2.49. The summed E-state index contributed by atoms with van der Waals surface area (Å²) in [6.07, 6.45) is 2.93. The Bertz CT molecular complexity index is 486. The van der Waals surface area contributed by atoms with Crippen molar-refractivity contribution >= 4 is 11.6 Å². The number of hydrogen-bond donors (Lipinski definition) is 0. The molecule has 1 atom stereocenters. The smallest absolute Gasteiger partial charge is 0.259 e. The largest absolute Gasteiger partial charge is 0.374 e. The number of pyridine rings is 1. The molecule has 84 valence electrons. The topological polar surface area (TPSA) is 61.0 Å². The number of halogens is 1. The van der Waals surface area contributed by atoms with E-state index < -0.39 is 0 Å². The lowest BCUT2D eigenvalue weighted by atomic mass is 10.3. The minimum Gasteiger partial charge on any atom is -0.374 e. The first kappa shape index (κ1) is 11.0. The van der Waals surface area contributed by atoms with E-state index in [0.717, 1.165) is 0 Å². The van der Waals surface area contributed by atoms with Crippen LogP contribution < -0.4 is 0 Å². The van der Waals surface area contributed by atoms with Gasteiger partial charge in [-0.1, -0.05) is 16.8 Å². The van der Waals surface area contributed by atoms with Gasteiger partial charge in [0.25, 0.3) is 5.89 Å². The fraction of sp³-hybridized carbons (Fsp3) is 0.300. The molecule has 0 aromatic carbocycles. The van der Waals surface area contributed by atoms with Crippen LogP contribution in [-0.2, 0) is 4.74 Å². The molecule has 1 unspecified atom stereocenters. The molecule has 0 aliphatic carbocycles. The Balaban J connectivity index is 2.35. The van der Waals surface area contributed by atoms with Crippen molar-refractivity contribution in [2.45, 2.75) is 13.0 Å². The normalized spacial score (nSPS) is 12.7. The minimum absolute atomic E-state index is 0.210. The van der Waals surface area contributed by atoms with Gasteiger partial charge in [0.2, 0.25) is 5.82 Å². The molecule has 0 fully saturated rings. The fourth-order valence-corrected chi connectivity index (χ4v) is 1.36. The van der Waals surface area contributed by atoms with Crippen LogP contribution in [0.5, 0.6) is 0 Å². The third-order valence-electron chi connectivity index (χ3n) is 2.16. The molecule has 0 saturated heterocycles. The zero-order chi connectivity index (χ0) is 11.5. The van der Waals surface area contributed by atoms with E-state index in [9.17, 15) is 0 Å². The van der Waals surface area contributed by atoms with Gasteiger partial charge >= 0.3 is 0 Å². The van der Waals surface area contributed by atoms with Gasteiger partial charge in [-0.25, -0.2) is 0 Å². The molecule has 2 rings (SSSR count). The van der Waals surface area contributed by atoms with Crippen molar-refractivity contribution in [3.63, 3.8) is 0 Å². The SMILES string of the molecule is COC(C)c1noc(-c2ccncc2Cl)n1. The quantitative estimate of drug-likeness (QED) is 0.824. The van der Waals surface area contributed by atoms with Gasteiger partial charge in [0.1, 0.15) is 6.10 Å². The predicted molar refractivity (Wildman–Crippen MR) is 58.0 cm³/mol. The number of aromatic nitrogens is 3. The Labute approximate surface area is 97.4 Å². The zero-order valence-electron chi connectivity index (χ0n) is 8.85. The lowest BCUT2D eigenvalue weighted by Gasteiger charge is -2.01. The molecule has 5 nitrogen and oxygen atoms in total. The summed E-state index contributed by atoms with van der Waals surface area (Å²) < 4.78 is 10.2. The van der Waals surface area contributed by atoms with Crippen LogP contribution in [0.25, 0.3) is 11.5 Å². The summed E-state index contributed by atoms with van der Waals surface area (Å²) in [5, 5.41) is 4.29. The molecule has 2 heterocycles. The first-order valence-electron chi connectivity index (χ1n) is 4.68. The van der Waals surface area contributed by atoms with Crippen molar-refractivity contribution in [2.24, 2.45) is 0 Å². The summed E-state index contributed by atoms with van der Waals surface area (Å²) in [6.45, 7) is 1.84. The fourth-order valence-electron chi connectivity index (χ4n) is 1.16. The van der Waals surface area contributed by atoms with E-state index in [4.69, 9.17) is 20.9 Å². The Hall–Kier alpha value is -1.46. The maximum absolute atomic E-state index is 5.96. The highest BCUT2D eigenvalue weighted by Gasteiger charge is 2.15. The highest BCUT2D eigenvalue weighted by atomic mass is 35.5. The molecule has 16 heavy (non-hydrogen) atoms. The monoisotopic (exact) mass is 239 g/mol. The third kappa shape index (κ3) is 2.05. The number of methoxy groups -OCH3 is 1. The van der Waals surface area contributed by atoms with Crippen molar-refractivity contribution in [1.29, 1.82) is 0 Å². The average molecular weight is 240 g/mol. The van der Waals surface area contributed by atoms with Gasteiger partial charge in [-0.2, -0.15) is 4.98 Å².